The first kappa shape index (κ1) is 17.5. The minimum atomic E-state index is 0.470. The number of hydrogen-bond donors (Lipinski definition) is 0. The zero-order chi connectivity index (χ0) is 18.3. The molecule has 0 N–H and O–H groups in total. The van der Waals surface area contributed by atoms with Gasteiger partial charge in [-0.1, -0.05) is 20.8 Å². The second-order valence-electron chi connectivity index (χ2n) is 11.3. The van der Waals surface area contributed by atoms with Crippen LogP contribution in [0.25, 0.3) is 0 Å². The highest BCUT2D eigenvalue weighted by Crippen LogP contribution is 2.82. The van der Waals surface area contributed by atoms with E-state index in [0.717, 1.165) is 36.0 Å². The molecule has 5 fully saturated rings. The number of methoxy groups -OCH3 is 1. The van der Waals surface area contributed by atoms with E-state index in [-0.39, 0.29) is 0 Å². The molecule has 0 aromatic carbocycles. The molecule has 5 aliphatic rings. The summed E-state index contributed by atoms with van der Waals surface area (Å²) >= 11 is 0. The van der Waals surface area contributed by atoms with Crippen LogP contribution in [0.4, 0.5) is 0 Å². The molecule has 0 aliphatic heterocycles. The van der Waals surface area contributed by atoms with Crippen molar-refractivity contribution in [2.24, 2.45) is 51.8 Å². The molecule has 0 radical (unpaired) electrons. The Bertz CT molecular complexity index is 639. The molecule has 26 heavy (non-hydrogen) atoms. The quantitative estimate of drug-likeness (QED) is 0.639. The fourth-order valence-corrected chi connectivity index (χ4v) is 9.84. The van der Waals surface area contributed by atoms with Gasteiger partial charge in [-0.05, 0) is 97.7 Å². The SMILES string of the molecule is CO[C@@H]1C[C@H]2[C@@H]3CC[C@H]([C@H](C)CC#N)[C@@]3(C)CC[C@@H]2[C@@]2(C)CC[C@@H]3C[C@]312. The Labute approximate surface area is 160 Å². The van der Waals surface area contributed by atoms with E-state index in [1.165, 1.54) is 51.4 Å². The third-order valence-corrected chi connectivity index (χ3v) is 11.0. The van der Waals surface area contributed by atoms with Crippen molar-refractivity contribution in [3.05, 3.63) is 0 Å². The minimum absolute atomic E-state index is 0.470. The van der Waals surface area contributed by atoms with Gasteiger partial charge in [0, 0.05) is 18.9 Å². The second kappa shape index (κ2) is 5.50. The molecule has 0 aromatic heterocycles. The van der Waals surface area contributed by atoms with Crippen LogP contribution in [0.2, 0.25) is 0 Å². The Hall–Kier alpha value is -0.550. The fourth-order valence-electron chi connectivity index (χ4n) is 9.84. The van der Waals surface area contributed by atoms with Crippen LogP contribution in [0.1, 0.15) is 78.6 Å². The number of nitrogens with zero attached hydrogens (tertiary/aromatic N) is 1. The summed E-state index contributed by atoms with van der Waals surface area (Å²) in [4.78, 5) is 0. The second-order valence-corrected chi connectivity index (χ2v) is 11.3. The van der Waals surface area contributed by atoms with Crippen molar-refractivity contribution in [3.8, 4) is 6.07 Å². The van der Waals surface area contributed by atoms with Crippen LogP contribution in [-0.4, -0.2) is 13.2 Å². The molecule has 5 rings (SSSR count). The smallest absolute Gasteiger partial charge is 0.0638 e. The molecule has 2 nitrogen and oxygen atoms in total. The summed E-state index contributed by atoms with van der Waals surface area (Å²) in [6.07, 6.45) is 12.6. The molecule has 1 spiro atoms. The van der Waals surface area contributed by atoms with Crippen LogP contribution in [0, 0.1) is 63.1 Å². The summed E-state index contributed by atoms with van der Waals surface area (Å²) in [5, 5.41) is 9.23. The summed E-state index contributed by atoms with van der Waals surface area (Å²) in [5.74, 6) is 4.97. The van der Waals surface area contributed by atoms with E-state index in [1.807, 2.05) is 7.11 Å². The molecule has 2 heteroatoms. The molecular formula is C24H37NO. The lowest BCUT2D eigenvalue weighted by molar-refractivity contribution is -0.160. The summed E-state index contributed by atoms with van der Waals surface area (Å²) in [5.41, 5.74) is 1.56. The molecule has 0 amide bonds. The van der Waals surface area contributed by atoms with E-state index in [1.54, 1.807) is 0 Å². The van der Waals surface area contributed by atoms with Gasteiger partial charge in [0.15, 0.2) is 0 Å². The molecule has 0 unspecified atom stereocenters. The monoisotopic (exact) mass is 355 g/mol. The Balaban J connectivity index is 1.47. The van der Waals surface area contributed by atoms with Crippen molar-refractivity contribution in [1.82, 2.24) is 0 Å². The molecule has 10 atom stereocenters. The van der Waals surface area contributed by atoms with Crippen molar-refractivity contribution < 1.29 is 4.74 Å². The van der Waals surface area contributed by atoms with Crippen LogP contribution in [-0.2, 0) is 4.74 Å². The van der Waals surface area contributed by atoms with E-state index < -0.39 is 0 Å². The van der Waals surface area contributed by atoms with Crippen molar-refractivity contribution in [2.45, 2.75) is 84.7 Å². The van der Waals surface area contributed by atoms with E-state index in [2.05, 4.69) is 26.8 Å². The largest absolute Gasteiger partial charge is 0.381 e. The predicted octanol–water partition coefficient (Wildman–Crippen LogP) is 5.82. The van der Waals surface area contributed by atoms with Gasteiger partial charge in [0.05, 0.1) is 12.2 Å². The van der Waals surface area contributed by atoms with Crippen LogP contribution < -0.4 is 0 Å². The Kier molecular flexibility index (Phi) is 3.71. The molecule has 0 saturated heterocycles. The highest BCUT2D eigenvalue weighted by Gasteiger charge is 2.77. The van der Waals surface area contributed by atoms with Gasteiger partial charge in [-0.25, -0.2) is 0 Å². The number of nitriles is 1. The van der Waals surface area contributed by atoms with Gasteiger partial charge in [0.25, 0.3) is 0 Å². The maximum absolute atomic E-state index is 9.23. The van der Waals surface area contributed by atoms with E-state index in [0.29, 0.717) is 28.3 Å². The van der Waals surface area contributed by atoms with Gasteiger partial charge in [-0.2, -0.15) is 5.26 Å². The van der Waals surface area contributed by atoms with Crippen molar-refractivity contribution in [1.29, 1.82) is 5.26 Å². The van der Waals surface area contributed by atoms with E-state index in [9.17, 15) is 5.26 Å². The van der Waals surface area contributed by atoms with Crippen molar-refractivity contribution in [3.63, 3.8) is 0 Å². The molecule has 5 aliphatic carbocycles. The van der Waals surface area contributed by atoms with Gasteiger partial charge in [0.2, 0.25) is 0 Å². The molecular weight excluding hydrogens is 318 g/mol. The first-order valence-corrected chi connectivity index (χ1v) is 11.3. The van der Waals surface area contributed by atoms with Crippen LogP contribution in [0.5, 0.6) is 0 Å². The molecule has 0 bridgehead atoms. The predicted molar refractivity (Wildman–Crippen MR) is 103 cm³/mol. The van der Waals surface area contributed by atoms with E-state index in [4.69, 9.17) is 4.74 Å². The van der Waals surface area contributed by atoms with Gasteiger partial charge in [0.1, 0.15) is 0 Å². The first-order valence-electron chi connectivity index (χ1n) is 11.3. The maximum atomic E-state index is 9.23. The summed E-state index contributed by atoms with van der Waals surface area (Å²) < 4.78 is 6.22. The molecule has 5 saturated carbocycles. The number of hydrogen-bond acceptors (Lipinski definition) is 2. The summed E-state index contributed by atoms with van der Waals surface area (Å²) in [6, 6.07) is 2.46. The number of rotatable bonds is 3. The Morgan fingerprint density at radius 3 is 2.62 bits per heavy atom. The number of fused-ring (bicyclic) bond motifs is 4. The summed E-state index contributed by atoms with van der Waals surface area (Å²) in [6.45, 7) is 7.60. The van der Waals surface area contributed by atoms with E-state index >= 15 is 0 Å². The molecule has 0 aromatic rings. The van der Waals surface area contributed by atoms with Gasteiger partial charge >= 0.3 is 0 Å². The van der Waals surface area contributed by atoms with Crippen molar-refractivity contribution in [2.75, 3.05) is 7.11 Å². The lowest BCUT2D eigenvalue weighted by atomic mass is 9.45. The van der Waals surface area contributed by atoms with Gasteiger partial charge in [-0.15, -0.1) is 0 Å². The highest BCUT2D eigenvalue weighted by molar-refractivity contribution is 5.26. The van der Waals surface area contributed by atoms with Crippen LogP contribution in [0.3, 0.4) is 0 Å². The maximum Gasteiger partial charge on any atom is 0.0638 e. The van der Waals surface area contributed by atoms with Crippen LogP contribution in [0.15, 0.2) is 0 Å². The van der Waals surface area contributed by atoms with Crippen LogP contribution >= 0.6 is 0 Å². The Morgan fingerprint density at radius 2 is 1.92 bits per heavy atom. The lowest BCUT2D eigenvalue weighted by Gasteiger charge is -2.61. The third-order valence-electron chi connectivity index (χ3n) is 11.0. The average molecular weight is 356 g/mol. The number of ether oxygens (including phenoxy) is 1. The molecule has 144 valence electrons. The van der Waals surface area contributed by atoms with Gasteiger partial charge < -0.3 is 4.74 Å². The van der Waals surface area contributed by atoms with Gasteiger partial charge in [-0.3, -0.25) is 0 Å². The third kappa shape index (κ3) is 1.87. The minimum Gasteiger partial charge on any atom is -0.381 e. The topological polar surface area (TPSA) is 33.0 Å². The zero-order valence-corrected chi connectivity index (χ0v) is 17.3. The zero-order valence-electron chi connectivity index (χ0n) is 17.3. The Morgan fingerprint density at radius 1 is 1.12 bits per heavy atom. The highest BCUT2D eigenvalue weighted by atomic mass is 16.5. The first-order chi connectivity index (χ1) is 12.4. The summed E-state index contributed by atoms with van der Waals surface area (Å²) in [7, 11) is 1.99. The normalized spacial score (nSPS) is 58.1. The standard InChI is InChI=1S/C24H37NO/c1-15(9-12-25)18-5-6-19-17-13-21(26-4)24-14-16(24)7-11-23(24,3)20(17)8-10-22(18,19)2/h15-21H,5-11,13-14H2,1-4H3/t15-,16-,17+,18-,19+,20+,21-,22-,23-,24+/m1/s1. The average Bonchev–Trinajstić information content (AvgIpc) is 3.12. The molecule has 0 heterocycles. The fraction of sp³-hybridized carbons (Fsp3) is 0.958. The van der Waals surface area contributed by atoms with Crippen molar-refractivity contribution >= 4 is 0 Å². The lowest BCUT2D eigenvalue weighted by Crippen LogP contribution is -2.57.